The molecule has 0 atom stereocenters. The predicted molar refractivity (Wildman–Crippen MR) is 232 cm³/mol. The van der Waals surface area contributed by atoms with Crippen molar-refractivity contribution in [2.24, 2.45) is 5.41 Å². The van der Waals surface area contributed by atoms with Gasteiger partial charge in [0.2, 0.25) is 0 Å². The molecule has 0 radical (unpaired) electrons. The van der Waals surface area contributed by atoms with Gasteiger partial charge in [0, 0.05) is 34.7 Å². The number of ether oxygens (including phenoxy) is 1. The topological polar surface area (TPSA) is 44.9 Å². The Morgan fingerprint density at radius 1 is 0.673 bits per heavy atom. The Kier molecular flexibility index (Phi) is 9.60. The van der Waals surface area contributed by atoms with Gasteiger partial charge in [-0.05, 0) is 113 Å². The van der Waals surface area contributed by atoms with Crippen LogP contribution in [0.5, 0.6) is 11.5 Å². The van der Waals surface area contributed by atoms with Gasteiger partial charge in [0.05, 0.1) is 28.1 Å². The minimum Gasteiger partial charge on any atom is -0.457 e. The molecule has 0 fully saturated rings. The molecule has 4 aromatic carbocycles. The third kappa shape index (κ3) is 7.46. The van der Waals surface area contributed by atoms with Crippen LogP contribution < -0.4 is 4.74 Å². The van der Waals surface area contributed by atoms with Gasteiger partial charge in [0.15, 0.2) is 0 Å². The van der Waals surface area contributed by atoms with Crippen LogP contribution in [0, 0.1) is 19.3 Å². The molecule has 0 saturated heterocycles. The van der Waals surface area contributed by atoms with Crippen molar-refractivity contribution in [3.63, 3.8) is 0 Å². The predicted octanol–water partition coefficient (Wildman–Crippen LogP) is 13.7. The quantitative estimate of drug-likeness (QED) is 0.164. The first kappa shape index (κ1) is 38.1. The van der Waals surface area contributed by atoms with E-state index in [1.165, 1.54) is 44.5 Å². The van der Waals surface area contributed by atoms with Gasteiger partial charge in [-0.1, -0.05) is 113 Å². The zero-order valence-corrected chi connectivity index (χ0v) is 35.2. The highest BCUT2D eigenvalue weighted by Gasteiger charge is 2.30. The van der Waals surface area contributed by atoms with Gasteiger partial charge in [-0.15, -0.1) is 0 Å². The van der Waals surface area contributed by atoms with Crippen molar-refractivity contribution in [2.75, 3.05) is 0 Å². The normalized spacial score (nSPS) is 12.7. The molecule has 0 spiro atoms. The van der Waals surface area contributed by atoms with Crippen LogP contribution in [0.3, 0.4) is 0 Å². The lowest BCUT2D eigenvalue weighted by Gasteiger charge is -2.30. The van der Waals surface area contributed by atoms with E-state index in [1.807, 2.05) is 18.3 Å². The summed E-state index contributed by atoms with van der Waals surface area (Å²) in [5.41, 5.74) is 13.4. The van der Waals surface area contributed by atoms with Gasteiger partial charge in [0.25, 0.3) is 0 Å². The molecule has 0 saturated carbocycles. The molecule has 0 aliphatic heterocycles. The molecule has 5 nitrogen and oxygen atoms in total. The maximum atomic E-state index is 6.71. The van der Waals surface area contributed by atoms with Gasteiger partial charge in [0.1, 0.15) is 17.3 Å². The number of aryl methyl sites for hydroxylation is 1. The third-order valence-electron chi connectivity index (χ3n) is 10.6. The second kappa shape index (κ2) is 13.8. The summed E-state index contributed by atoms with van der Waals surface area (Å²) in [6.07, 6.45) is 2.74. The number of hydrogen-bond donors (Lipinski definition) is 0. The fourth-order valence-corrected chi connectivity index (χ4v) is 8.20. The Morgan fingerprint density at radius 2 is 1.33 bits per heavy atom. The molecule has 5 heteroatoms. The fourth-order valence-electron chi connectivity index (χ4n) is 8.20. The first-order valence-corrected chi connectivity index (χ1v) is 19.8. The zero-order chi connectivity index (χ0) is 39.6. The molecule has 3 heterocycles. The van der Waals surface area contributed by atoms with E-state index in [4.69, 9.17) is 14.8 Å². The van der Waals surface area contributed by atoms with E-state index in [0.29, 0.717) is 0 Å². The molecule has 0 aliphatic rings. The minimum atomic E-state index is -0.00211. The van der Waals surface area contributed by atoms with Crippen molar-refractivity contribution >= 4 is 21.8 Å². The summed E-state index contributed by atoms with van der Waals surface area (Å²) in [5, 5.41) is 7.82. The number of nitrogens with zero attached hydrogens (tertiary/aromatic N) is 4. The van der Waals surface area contributed by atoms with Crippen LogP contribution in [-0.2, 0) is 17.3 Å². The molecular weight excluding hydrogens is 673 g/mol. The maximum Gasteiger partial charge on any atom is 0.137 e. The van der Waals surface area contributed by atoms with Crippen molar-refractivity contribution in [1.82, 2.24) is 19.3 Å². The third-order valence-corrected chi connectivity index (χ3v) is 10.6. The standard InChI is InChI=1S/C50H58N4O/c1-31(2)47-46(34-26-40(49(8,9)10)33(4)41(27-34)50(11,12)13)44(30-48(5,6)7)54(52-47)35-17-16-18-36(28-35)55-37-21-22-39-38-19-14-15-20-42(38)53(43(39)29-37)45-25-32(3)23-24-51-45/h14-29,31H,30H2,1-13H3. The molecule has 284 valence electrons. The van der Waals surface area contributed by atoms with Gasteiger partial charge in [-0.3, -0.25) is 4.57 Å². The molecule has 7 rings (SSSR count). The lowest BCUT2D eigenvalue weighted by atomic mass is 9.74. The summed E-state index contributed by atoms with van der Waals surface area (Å²) in [5.74, 6) is 2.65. The molecule has 7 aromatic rings. The molecule has 0 bridgehead atoms. The van der Waals surface area contributed by atoms with Crippen LogP contribution in [0.15, 0.2) is 97.2 Å². The minimum absolute atomic E-state index is 0.00211. The van der Waals surface area contributed by atoms with Crippen LogP contribution in [-0.4, -0.2) is 19.3 Å². The summed E-state index contributed by atoms with van der Waals surface area (Å²) >= 11 is 0. The smallest absolute Gasteiger partial charge is 0.137 e. The number of para-hydroxylation sites is 1. The van der Waals surface area contributed by atoms with E-state index in [2.05, 4.69) is 178 Å². The Balaban J connectivity index is 1.37. The number of aromatic nitrogens is 4. The van der Waals surface area contributed by atoms with Gasteiger partial charge >= 0.3 is 0 Å². The molecule has 0 aliphatic carbocycles. The summed E-state index contributed by atoms with van der Waals surface area (Å²) in [7, 11) is 0. The van der Waals surface area contributed by atoms with E-state index in [-0.39, 0.29) is 22.2 Å². The lowest BCUT2D eigenvalue weighted by Crippen LogP contribution is -2.20. The summed E-state index contributed by atoms with van der Waals surface area (Å²) in [4.78, 5) is 4.77. The second-order valence-electron chi connectivity index (χ2n) is 19.0. The van der Waals surface area contributed by atoms with Crippen LogP contribution in [0.2, 0.25) is 0 Å². The molecular formula is C50H58N4O. The number of fused-ring (bicyclic) bond motifs is 3. The first-order valence-electron chi connectivity index (χ1n) is 19.8. The summed E-state index contributed by atoms with van der Waals surface area (Å²) in [6.45, 7) is 29.9. The molecule has 0 N–H and O–H groups in total. The van der Waals surface area contributed by atoms with E-state index >= 15 is 0 Å². The summed E-state index contributed by atoms with van der Waals surface area (Å²) in [6, 6.07) is 32.3. The van der Waals surface area contributed by atoms with Gasteiger partial charge in [-0.2, -0.15) is 5.10 Å². The number of benzene rings is 4. The Morgan fingerprint density at radius 3 is 1.96 bits per heavy atom. The monoisotopic (exact) mass is 730 g/mol. The average molecular weight is 731 g/mol. The van der Waals surface area contributed by atoms with E-state index < -0.39 is 0 Å². The highest BCUT2D eigenvalue weighted by atomic mass is 16.5. The van der Waals surface area contributed by atoms with Crippen LogP contribution in [0.25, 0.3) is 44.4 Å². The molecule has 3 aromatic heterocycles. The second-order valence-corrected chi connectivity index (χ2v) is 19.0. The number of pyridine rings is 1. The van der Waals surface area contributed by atoms with Gasteiger partial charge in [-0.25, -0.2) is 9.67 Å². The Labute approximate surface area is 328 Å². The van der Waals surface area contributed by atoms with Crippen molar-refractivity contribution in [3.05, 3.63) is 131 Å². The molecule has 0 amide bonds. The lowest BCUT2D eigenvalue weighted by molar-refractivity contribution is 0.402. The van der Waals surface area contributed by atoms with Crippen LogP contribution in [0.1, 0.15) is 116 Å². The average Bonchev–Trinajstić information content (AvgIpc) is 3.62. The fraction of sp³-hybridized carbons (Fsp3) is 0.360. The summed E-state index contributed by atoms with van der Waals surface area (Å²) < 4.78 is 11.1. The highest BCUT2D eigenvalue weighted by molar-refractivity contribution is 6.09. The van der Waals surface area contributed by atoms with Crippen molar-refractivity contribution < 1.29 is 4.74 Å². The maximum absolute atomic E-state index is 6.71. The van der Waals surface area contributed by atoms with Gasteiger partial charge < -0.3 is 4.74 Å². The number of hydrogen-bond acceptors (Lipinski definition) is 3. The van der Waals surface area contributed by atoms with Crippen LogP contribution in [0.4, 0.5) is 0 Å². The molecule has 0 unspecified atom stereocenters. The zero-order valence-electron chi connectivity index (χ0n) is 35.2. The Hall–Kier alpha value is -5.16. The first-order chi connectivity index (χ1) is 25.8. The van der Waals surface area contributed by atoms with E-state index in [9.17, 15) is 0 Å². The molecule has 55 heavy (non-hydrogen) atoms. The van der Waals surface area contributed by atoms with E-state index in [1.54, 1.807) is 0 Å². The van der Waals surface area contributed by atoms with Crippen molar-refractivity contribution in [1.29, 1.82) is 0 Å². The van der Waals surface area contributed by atoms with Crippen LogP contribution >= 0.6 is 0 Å². The van der Waals surface area contributed by atoms with E-state index in [0.717, 1.165) is 51.5 Å². The highest BCUT2D eigenvalue weighted by Crippen LogP contribution is 2.43. The Bertz CT molecular complexity index is 2510. The largest absolute Gasteiger partial charge is 0.457 e. The van der Waals surface area contributed by atoms with Crippen molar-refractivity contribution in [3.8, 4) is 34.1 Å². The number of rotatable bonds is 7. The SMILES string of the molecule is Cc1ccnc(-n2c3ccccc3c3ccc(Oc4cccc(-n5nc(C(C)C)c(-c6cc(C(C)(C)C)c(C)c(C(C)(C)C)c6)c5CC(C)(C)C)c4)cc32)c1. The van der Waals surface area contributed by atoms with Crippen molar-refractivity contribution in [2.45, 2.75) is 113 Å².